The fourth-order valence-corrected chi connectivity index (χ4v) is 0.735. The van der Waals surface area contributed by atoms with Crippen LogP contribution in [0.25, 0.3) is 0 Å². The molecule has 0 bridgehead atoms. The second kappa shape index (κ2) is 3.21. The lowest BCUT2D eigenvalue weighted by Gasteiger charge is -2.02. The highest BCUT2D eigenvalue weighted by molar-refractivity contribution is 5.32. The SMILES string of the molecule is COc1nc(CN)ccc1O. The highest BCUT2D eigenvalue weighted by atomic mass is 16.5. The van der Waals surface area contributed by atoms with Crippen LogP contribution in [0.4, 0.5) is 0 Å². The number of ether oxygens (including phenoxy) is 1. The Morgan fingerprint density at radius 2 is 2.36 bits per heavy atom. The minimum Gasteiger partial charge on any atom is -0.503 e. The lowest BCUT2D eigenvalue weighted by molar-refractivity contribution is 0.357. The molecule has 0 spiro atoms. The standard InChI is InChI=1S/C7H10N2O2/c1-11-7-6(10)3-2-5(4-8)9-7/h2-3,10H,4,8H2,1H3. The van der Waals surface area contributed by atoms with Crippen LogP contribution in [0.15, 0.2) is 12.1 Å². The van der Waals surface area contributed by atoms with Crippen LogP contribution in [0.1, 0.15) is 5.69 Å². The third-order valence-corrected chi connectivity index (χ3v) is 1.30. The zero-order valence-electron chi connectivity index (χ0n) is 6.24. The Hall–Kier alpha value is -1.29. The molecule has 60 valence electrons. The van der Waals surface area contributed by atoms with E-state index in [9.17, 15) is 0 Å². The number of aromatic nitrogens is 1. The maximum Gasteiger partial charge on any atom is 0.256 e. The second-order valence-electron chi connectivity index (χ2n) is 2.04. The molecule has 0 radical (unpaired) electrons. The monoisotopic (exact) mass is 154 g/mol. The third kappa shape index (κ3) is 1.59. The van der Waals surface area contributed by atoms with Gasteiger partial charge in [-0.2, -0.15) is 0 Å². The number of hydrogen-bond acceptors (Lipinski definition) is 4. The second-order valence-corrected chi connectivity index (χ2v) is 2.04. The highest BCUT2D eigenvalue weighted by Gasteiger charge is 2.01. The molecule has 0 amide bonds. The minimum atomic E-state index is 0.0321. The maximum atomic E-state index is 9.10. The average Bonchev–Trinajstić information content (AvgIpc) is 2.05. The lowest BCUT2D eigenvalue weighted by Crippen LogP contribution is -2.00. The molecule has 0 aliphatic carbocycles. The Kier molecular flexibility index (Phi) is 2.28. The van der Waals surface area contributed by atoms with Crippen molar-refractivity contribution in [2.24, 2.45) is 5.73 Å². The number of rotatable bonds is 2. The molecule has 0 aliphatic heterocycles. The molecule has 0 saturated heterocycles. The van der Waals surface area contributed by atoms with E-state index in [1.165, 1.54) is 13.2 Å². The van der Waals surface area contributed by atoms with E-state index < -0.39 is 0 Å². The van der Waals surface area contributed by atoms with Crippen LogP contribution < -0.4 is 10.5 Å². The van der Waals surface area contributed by atoms with Crippen LogP contribution in [0, 0.1) is 0 Å². The van der Waals surface area contributed by atoms with Gasteiger partial charge >= 0.3 is 0 Å². The Bertz CT molecular complexity index is 250. The van der Waals surface area contributed by atoms with Crippen molar-refractivity contribution in [1.82, 2.24) is 4.98 Å². The van der Waals surface area contributed by atoms with Gasteiger partial charge < -0.3 is 15.6 Å². The smallest absolute Gasteiger partial charge is 0.256 e. The molecule has 1 aromatic heterocycles. The molecule has 0 aromatic carbocycles. The van der Waals surface area contributed by atoms with E-state index in [0.717, 1.165) is 0 Å². The van der Waals surface area contributed by atoms with Crippen molar-refractivity contribution < 1.29 is 9.84 Å². The van der Waals surface area contributed by atoms with E-state index >= 15 is 0 Å². The number of methoxy groups -OCH3 is 1. The predicted molar refractivity (Wildman–Crippen MR) is 40.3 cm³/mol. The molecule has 0 atom stereocenters. The van der Waals surface area contributed by atoms with Gasteiger partial charge in [-0.15, -0.1) is 0 Å². The summed E-state index contributed by atoms with van der Waals surface area (Å²) in [5, 5.41) is 9.10. The van der Waals surface area contributed by atoms with Crippen LogP contribution in [-0.4, -0.2) is 17.2 Å². The topological polar surface area (TPSA) is 68.4 Å². The van der Waals surface area contributed by atoms with Gasteiger partial charge in [0.25, 0.3) is 5.88 Å². The fraction of sp³-hybridized carbons (Fsp3) is 0.286. The van der Waals surface area contributed by atoms with Gasteiger partial charge in [-0.3, -0.25) is 0 Å². The van der Waals surface area contributed by atoms with E-state index in [4.69, 9.17) is 15.6 Å². The van der Waals surface area contributed by atoms with E-state index in [1.807, 2.05) is 0 Å². The van der Waals surface area contributed by atoms with Gasteiger partial charge in [-0.1, -0.05) is 0 Å². The van der Waals surface area contributed by atoms with E-state index in [0.29, 0.717) is 12.2 Å². The minimum absolute atomic E-state index is 0.0321. The predicted octanol–water partition coefficient (Wildman–Crippen LogP) is 0.254. The molecule has 3 N–H and O–H groups in total. The third-order valence-electron chi connectivity index (χ3n) is 1.30. The van der Waals surface area contributed by atoms with Gasteiger partial charge in [-0.05, 0) is 12.1 Å². The van der Waals surface area contributed by atoms with Crippen LogP contribution in [0.2, 0.25) is 0 Å². The van der Waals surface area contributed by atoms with Crippen molar-refractivity contribution in [1.29, 1.82) is 0 Å². The molecule has 11 heavy (non-hydrogen) atoms. The molecular formula is C7H10N2O2. The van der Waals surface area contributed by atoms with Crippen LogP contribution in [-0.2, 0) is 6.54 Å². The Morgan fingerprint density at radius 1 is 1.64 bits per heavy atom. The van der Waals surface area contributed by atoms with Crippen LogP contribution in [0.5, 0.6) is 11.6 Å². The first-order chi connectivity index (χ1) is 5.27. The van der Waals surface area contributed by atoms with E-state index in [-0.39, 0.29) is 11.6 Å². The van der Waals surface area contributed by atoms with Gasteiger partial charge in [-0.25, -0.2) is 4.98 Å². The van der Waals surface area contributed by atoms with E-state index in [1.54, 1.807) is 6.07 Å². The number of nitrogens with two attached hydrogens (primary N) is 1. The molecule has 4 heteroatoms. The highest BCUT2D eigenvalue weighted by Crippen LogP contribution is 2.21. The number of nitrogens with zero attached hydrogens (tertiary/aromatic N) is 1. The Balaban J connectivity index is 3.02. The van der Waals surface area contributed by atoms with Crippen molar-refractivity contribution in [3.8, 4) is 11.6 Å². The largest absolute Gasteiger partial charge is 0.503 e. The zero-order valence-corrected chi connectivity index (χ0v) is 6.24. The lowest BCUT2D eigenvalue weighted by atomic mass is 10.3. The van der Waals surface area contributed by atoms with Crippen molar-refractivity contribution >= 4 is 0 Å². The van der Waals surface area contributed by atoms with Crippen LogP contribution >= 0.6 is 0 Å². The Labute approximate surface area is 64.6 Å². The molecule has 1 aromatic rings. The summed E-state index contributed by atoms with van der Waals surface area (Å²) in [6.07, 6.45) is 0. The van der Waals surface area contributed by atoms with E-state index in [2.05, 4.69) is 4.98 Å². The van der Waals surface area contributed by atoms with Gasteiger partial charge in [0.1, 0.15) is 0 Å². The summed E-state index contributed by atoms with van der Waals surface area (Å²) in [7, 11) is 1.45. The summed E-state index contributed by atoms with van der Waals surface area (Å²) < 4.78 is 4.77. The van der Waals surface area contributed by atoms with Crippen molar-refractivity contribution in [3.63, 3.8) is 0 Å². The first-order valence-electron chi connectivity index (χ1n) is 3.21. The molecule has 4 nitrogen and oxygen atoms in total. The first kappa shape index (κ1) is 7.81. The summed E-state index contributed by atoms with van der Waals surface area (Å²) >= 11 is 0. The Morgan fingerprint density at radius 3 is 2.91 bits per heavy atom. The number of pyridine rings is 1. The molecule has 0 unspecified atom stereocenters. The van der Waals surface area contributed by atoms with Crippen molar-refractivity contribution in [3.05, 3.63) is 17.8 Å². The van der Waals surface area contributed by atoms with Crippen molar-refractivity contribution in [2.45, 2.75) is 6.54 Å². The van der Waals surface area contributed by atoms with Gasteiger partial charge in [0.2, 0.25) is 0 Å². The zero-order chi connectivity index (χ0) is 8.27. The van der Waals surface area contributed by atoms with Gasteiger partial charge in [0.15, 0.2) is 5.75 Å². The molecular weight excluding hydrogens is 144 g/mol. The average molecular weight is 154 g/mol. The van der Waals surface area contributed by atoms with Crippen molar-refractivity contribution in [2.75, 3.05) is 7.11 Å². The quantitative estimate of drug-likeness (QED) is 0.640. The summed E-state index contributed by atoms with van der Waals surface area (Å²) in [4.78, 5) is 3.91. The number of hydrogen-bond donors (Lipinski definition) is 2. The summed E-state index contributed by atoms with van der Waals surface area (Å²) in [5.74, 6) is 0.248. The van der Waals surface area contributed by atoms with Crippen LogP contribution in [0.3, 0.4) is 0 Å². The molecule has 1 rings (SSSR count). The summed E-state index contributed by atoms with van der Waals surface area (Å²) in [5.41, 5.74) is 6.02. The normalized spacial score (nSPS) is 9.64. The fourth-order valence-electron chi connectivity index (χ4n) is 0.735. The van der Waals surface area contributed by atoms with Gasteiger partial charge in [0.05, 0.1) is 12.8 Å². The number of aromatic hydroxyl groups is 1. The van der Waals surface area contributed by atoms with Gasteiger partial charge in [0, 0.05) is 6.54 Å². The first-order valence-corrected chi connectivity index (χ1v) is 3.21. The molecule has 0 fully saturated rings. The summed E-state index contributed by atoms with van der Waals surface area (Å²) in [6, 6.07) is 3.16. The maximum absolute atomic E-state index is 9.10. The molecule has 0 saturated carbocycles. The molecule has 1 heterocycles. The summed E-state index contributed by atoms with van der Waals surface area (Å²) in [6.45, 7) is 0.344. The molecule has 0 aliphatic rings.